The largest absolute Gasteiger partial charge is 0.505 e. The van der Waals surface area contributed by atoms with Crippen LogP contribution in [0.25, 0.3) is 10.8 Å². The van der Waals surface area contributed by atoms with Crippen molar-refractivity contribution in [3.8, 4) is 18.1 Å². The van der Waals surface area contributed by atoms with Crippen LogP contribution in [0, 0.1) is 24.0 Å². The number of nitrogen functional groups attached to an aromatic ring is 1. The molecule has 0 spiro atoms. The zero-order valence-corrected chi connectivity index (χ0v) is 11.7. The van der Waals surface area contributed by atoms with Gasteiger partial charge < -0.3 is 10.8 Å². The Morgan fingerprint density at radius 2 is 1.80 bits per heavy atom. The van der Waals surface area contributed by atoms with Gasteiger partial charge in [-0.1, -0.05) is 26.7 Å². The fourth-order valence-electron chi connectivity index (χ4n) is 2.06. The molecule has 0 unspecified atom stereocenters. The molecule has 2 aromatic carbocycles. The van der Waals surface area contributed by atoms with Gasteiger partial charge in [-0.2, -0.15) is 0 Å². The van der Waals surface area contributed by atoms with Crippen molar-refractivity contribution in [1.29, 1.82) is 0 Å². The Morgan fingerprint density at radius 1 is 1.20 bits per heavy atom. The van der Waals surface area contributed by atoms with Gasteiger partial charge in [-0.05, 0) is 18.1 Å². The Balaban J connectivity index is 0.000000956. The minimum absolute atomic E-state index is 0.0489. The van der Waals surface area contributed by atoms with Gasteiger partial charge in [-0.3, -0.25) is 0 Å². The molecule has 0 fully saturated rings. The number of phenolic OH excluding ortho intramolecular Hbond substituents is 1. The minimum Gasteiger partial charge on any atom is -0.505 e. The fourth-order valence-corrected chi connectivity index (χ4v) is 2.06. The summed E-state index contributed by atoms with van der Waals surface area (Å²) in [6.45, 7) is 5.81. The first-order valence-electron chi connectivity index (χ1n) is 6.39. The lowest BCUT2D eigenvalue weighted by Crippen LogP contribution is -1.98. The van der Waals surface area contributed by atoms with E-state index in [1.807, 2.05) is 20.8 Å². The van der Waals surface area contributed by atoms with E-state index < -0.39 is 17.4 Å². The number of fused-ring (bicyclic) bond motifs is 1. The van der Waals surface area contributed by atoms with Crippen LogP contribution in [0.15, 0.2) is 12.1 Å². The molecule has 0 aliphatic rings. The van der Waals surface area contributed by atoms with Crippen LogP contribution in [0.3, 0.4) is 0 Å². The van der Waals surface area contributed by atoms with E-state index >= 15 is 0 Å². The van der Waals surface area contributed by atoms with Crippen LogP contribution in [0.5, 0.6) is 5.75 Å². The summed E-state index contributed by atoms with van der Waals surface area (Å²) >= 11 is 0. The van der Waals surface area contributed by atoms with E-state index in [9.17, 15) is 13.9 Å². The fraction of sp³-hybridized carbons (Fsp3) is 0.250. The number of rotatable bonds is 1. The highest BCUT2D eigenvalue weighted by Crippen LogP contribution is 2.38. The third kappa shape index (κ3) is 2.39. The summed E-state index contributed by atoms with van der Waals surface area (Å²) in [4.78, 5) is 0. The molecule has 2 rings (SSSR count). The predicted octanol–water partition coefficient (Wildman–Crippen LogP) is 3.98. The van der Waals surface area contributed by atoms with Crippen molar-refractivity contribution < 1.29 is 13.9 Å². The van der Waals surface area contributed by atoms with Crippen LogP contribution in [-0.2, 0) is 6.42 Å². The van der Waals surface area contributed by atoms with Gasteiger partial charge in [0.2, 0.25) is 0 Å². The summed E-state index contributed by atoms with van der Waals surface area (Å²) in [6, 6.07) is 2.15. The number of aromatic hydroxyl groups is 1. The zero-order valence-electron chi connectivity index (χ0n) is 11.7. The summed E-state index contributed by atoms with van der Waals surface area (Å²) in [5, 5.41) is 9.90. The van der Waals surface area contributed by atoms with Crippen LogP contribution < -0.4 is 5.73 Å². The van der Waals surface area contributed by atoms with Crippen LogP contribution >= 0.6 is 0 Å². The molecule has 3 N–H and O–H groups in total. The number of nitrogens with two attached hydrogens (primary N) is 1. The molecule has 0 saturated carbocycles. The van der Waals surface area contributed by atoms with E-state index in [0.29, 0.717) is 18.1 Å². The highest BCUT2D eigenvalue weighted by atomic mass is 19.1. The molecular formula is C16H17F2NO. The molecule has 0 saturated heterocycles. The number of phenols is 1. The molecule has 0 amide bonds. The molecule has 0 atom stereocenters. The van der Waals surface area contributed by atoms with E-state index in [4.69, 9.17) is 12.2 Å². The van der Waals surface area contributed by atoms with Gasteiger partial charge in [-0.25, -0.2) is 8.78 Å². The maximum absolute atomic E-state index is 13.8. The Kier molecular flexibility index (Phi) is 4.93. The number of anilines is 1. The van der Waals surface area contributed by atoms with Gasteiger partial charge in [-0.15, -0.1) is 6.42 Å². The molecule has 2 aromatic rings. The van der Waals surface area contributed by atoms with E-state index in [2.05, 4.69) is 5.92 Å². The summed E-state index contributed by atoms with van der Waals surface area (Å²) in [7, 11) is 0. The summed E-state index contributed by atoms with van der Waals surface area (Å²) in [5.41, 5.74) is 6.19. The number of halogens is 2. The first-order valence-corrected chi connectivity index (χ1v) is 6.39. The first kappa shape index (κ1) is 15.8. The second-order valence-electron chi connectivity index (χ2n) is 3.94. The number of hydrogen-bond acceptors (Lipinski definition) is 2. The standard InChI is InChI=1S/C14H11F2NO.C2H6/c1-3-7-5-11(17)14(18)13-10(16)6-9(15)8(4-2)12(7)13;1-2/h2,5-6,18H,3,17H2,1H3;1-2H3. The SMILES string of the molecule is C#Cc1c(F)cc(F)c2c(O)c(N)cc(CC)c12.CC. The molecule has 0 aliphatic heterocycles. The highest BCUT2D eigenvalue weighted by Gasteiger charge is 2.18. The molecule has 0 aromatic heterocycles. The third-order valence-electron chi connectivity index (χ3n) is 2.92. The Hall–Kier alpha value is -2.28. The van der Waals surface area contributed by atoms with Crippen LogP contribution in [0.1, 0.15) is 31.9 Å². The molecule has 106 valence electrons. The van der Waals surface area contributed by atoms with Gasteiger partial charge in [0, 0.05) is 11.5 Å². The molecule has 0 bridgehead atoms. The van der Waals surface area contributed by atoms with E-state index in [1.165, 1.54) is 6.07 Å². The van der Waals surface area contributed by atoms with Crippen molar-refractivity contribution in [2.24, 2.45) is 0 Å². The average Bonchev–Trinajstić information content (AvgIpc) is 2.44. The first-order chi connectivity index (χ1) is 9.51. The third-order valence-corrected chi connectivity index (χ3v) is 2.92. The molecule has 0 radical (unpaired) electrons. The Morgan fingerprint density at radius 3 is 2.30 bits per heavy atom. The minimum atomic E-state index is -0.874. The summed E-state index contributed by atoms with van der Waals surface area (Å²) in [5.74, 6) is 0.0947. The highest BCUT2D eigenvalue weighted by molar-refractivity contribution is 5.99. The normalized spacial score (nSPS) is 9.80. The predicted molar refractivity (Wildman–Crippen MR) is 78.6 cm³/mol. The molecule has 2 nitrogen and oxygen atoms in total. The number of hydrogen-bond donors (Lipinski definition) is 2. The lowest BCUT2D eigenvalue weighted by atomic mass is 9.95. The quantitative estimate of drug-likeness (QED) is 0.470. The van der Waals surface area contributed by atoms with Crippen molar-refractivity contribution in [1.82, 2.24) is 0 Å². The summed E-state index contributed by atoms with van der Waals surface area (Å²) in [6.07, 6.45) is 5.75. The average molecular weight is 277 g/mol. The van der Waals surface area contributed by atoms with E-state index in [1.54, 1.807) is 0 Å². The molecule has 4 heteroatoms. The van der Waals surface area contributed by atoms with Crippen LogP contribution in [-0.4, -0.2) is 5.11 Å². The maximum atomic E-state index is 13.8. The Labute approximate surface area is 117 Å². The lowest BCUT2D eigenvalue weighted by Gasteiger charge is -2.12. The number of aryl methyl sites for hydroxylation is 1. The van der Waals surface area contributed by atoms with Crippen LogP contribution in [0.2, 0.25) is 0 Å². The van der Waals surface area contributed by atoms with Crippen molar-refractivity contribution >= 4 is 16.5 Å². The van der Waals surface area contributed by atoms with Gasteiger partial charge in [0.1, 0.15) is 17.4 Å². The van der Waals surface area contributed by atoms with Gasteiger partial charge in [0.15, 0.2) is 0 Å². The van der Waals surface area contributed by atoms with Gasteiger partial charge >= 0.3 is 0 Å². The second-order valence-corrected chi connectivity index (χ2v) is 3.94. The van der Waals surface area contributed by atoms with Crippen molar-refractivity contribution in [2.75, 3.05) is 5.73 Å². The maximum Gasteiger partial charge on any atom is 0.149 e. The smallest absolute Gasteiger partial charge is 0.149 e. The monoisotopic (exact) mass is 277 g/mol. The molecule has 0 heterocycles. The zero-order chi connectivity index (χ0) is 15.4. The number of terminal acetylenes is 1. The second kappa shape index (κ2) is 6.25. The molecule has 0 aliphatic carbocycles. The van der Waals surface area contributed by atoms with Crippen molar-refractivity contribution in [3.05, 3.63) is 34.9 Å². The van der Waals surface area contributed by atoms with Crippen LogP contribution in [0.4, 0.5) is 14.5 Å². The van der Waals surface area contributed by atoms with Crippen molar-refractivity contribution in [2.45, 2.75) is 27.2 Å². The van der Waals surface area contributed by atoms with Gasteiger partial charge in [0.05, 0.1) is 16.6 Å². The van der Waals surface area contributed by atoms with E-state index in [-0.39, 0.29) is 22.0 Å². The topological polar surface area (TPSA) is 46.2 Å². The lowest BCUT2D eigenvalue weighted by molar-refractivity contribution is 0.480. The van der Waals surface area contributed by atoms with Gasteiger partial charge in [0.25, 0.3) is 0 Å². The van der Waals surface area contributed by atoms with Crippen molar-refractivity contribution in [3.63, 3.8) is 0 Å². The molecular weight excluding hydrogens is 260 g/mol. The van der Waals surface area contributed by atoms with E-state index in [0.717, 1.165) is 0 Å². The number of benzene rings is 2. The molecule has 20 heavy (non-hydrogen) atoms. The Bertz CT molecular complexity index is 687. The summed E-state index contributed by atoms with van der Waals surface area (Å²) < 4.78 is 27.4.